The summed E-state index contributed by atoms with van der Waals surface area (Å²) in [5, 5.41) is 33.8. The summed E-state index contributed by atoms with van der Waals surface area (Å²) >= 11 is 4.09. The zero-order chi connectivity index (χ0) is 14.2. The Hall–Kier alpha value is -2.06. The number of carbonyl (C=O) groups is 3. The Morgan fingerprint density at radius 2 is 1.10 bits per heavy atom. The zero-order valence-electron chi connectivity index (χ0n) is 10.6. The van der Waals surface area contributed by atoms with Crippen LogP contribution in [-0.4, -0.2) is 49.0 Å². The lowest BCUT2D eigenvalue weighted by atomic mass is 9.96. The molecule has 20 heavy (non-hydrogen) atoms. The summed E-state index contributed by atoms with van der Waals surface area (Å²) < 4.78 is 0. The summed E-state index contributed by atoms with van der Waals surface area (Å²) in [4.78, 5) is 30.5. The van der Waals surface area contributed by atoms with Gasteiger partial charge in [0.15, 0.2) is 10.7 Å². The highest BCUT2D eigenvalue weighted by molar-refractivity contribution is 7.80. The molecule has 0 rings (SSSR count). The Balaban J connectivity index is -0.0000000951. The molecule has 12 nitrogen and oxygen atoms in total. The van der Waals surface area contributed by atoms with Crippen LogP contribution in [0.15, 0.2) is 0 Å². The van der Waals surface area contributed by atoms with E-state index in [4.69, 9.17) is 20.4 Å². The summed E-state index contributed by atoms with van der Waals surface area (Å²) in [6.45, 7) is 0. The van der Waals surface area contributed by atoms with Crippen molar-refractivity contribution >= 4 is 35.2 Å². The van der Waals surface area contributed by atoms with Crippen molar-refractivity contribution in [2.45, 2.75) is 18.4 Å². The molecule has 0 spiro atoms. The Morgan fingerprint density at radius 3 is 1.20 bits per heavy atom. The van der Waals surface area contributed by atoms with Gasteiger partial charge in [0.25, 0.3) is 0 Å². The van der Waals surface area contributed by atoms with Crippen molar-refractivity contribution in [3.05, 3.63) is 0 Å². The first-order valence-electron chi connectivity index (χ1n) is 3.95. The van der Waals surface area contributed by atoms with Crippen molar-refractivity contribution < 1.29 is 34.8 Å². The second-order valence-corrected chi connectivity index (χ2v) is 3.35. The van der Waals surface area contributed by atoms with E-state index in [1.165, 1.54) is 0 Å². The first-order valence-corrected chi connectivity index (χ1v) is 4.36. The van der Waals surface area contributed by atoms with E-state index in [2.05, 4.69) is 23.7 Å². The smallest absolute Gasteiger partial charge is 0.336 e. The number of aliphatic hydroxyl groups is 1. The molecule has 0 aromatic heterocycles. The maximum absolute atomic E-state index is 10.3. The van der Waals surface area contributed by atoms with Gasteiger partial charge in [0.2, 0.25) is 0 Å². The van der Waals surface area contributed by atoms with Crippen molar-refractivity contribution in [2.75, 3.05) is 0 Å². The van der Waals surface area contributed by atoms with E-state index in [-0.39, 0.29) is 23.6 Å². The second-order valence-electron chi connectivity index (χ2n) is 2.88. The molecule has 122 valence electrons. The lowest BCUT2D eigenvalue weighted by Crippen LogP contribution is -2.42. The predicted octanol–water partition coefficient (Wildman–Crippen LogP) is -1.57. The summed E-state index contributed by atoms with van der Waals surface area (Å²) in [6, 6.07) is 0. The minimum atomic E-state index is -2.74. The molecular formula is C7H21N5O7S. The third-order valence-electron chi connectivity index (χ3n) is 1.29. The number of thiocarbonyl (C=S) groups is 1. The van der Waals surface area contributed by atoms with Crippen LogP contribution in [-0.2, 0) is 14.4 Å². The largest absolute Gasteiger partial charge is 0.481 e. The van der Waals surface area contributed by atoms with Crippen LogP contribution in [0.25, 0.3) is 0 Å². The highest BCUT2D eigenvalue weighted by Gasteiger charge is 2.40. The number of rotatable bonds is 5. The molecule has 0 heterocycles. The van der Waals surface area contributed by atoms with E-state index in [1.807, 2.05) is 0 Å². The molecule has 0 unspecified atom stereocenters. The van der Waals surface area contributed by atoms with E-state index in [0.29, 0.717) is 0 Å². The average molecular weight is 319 g/mol. The predicted molar refractivity (Wildman–Crippen MR) is 73.1 cm³/mol. The summed E-state index contributed by atoms with van der Waals surface area (Å²) in [6.07, 6.45) is -2.29. The van der Waals surface area contributed by atoms with Gasteiger partial charge in [0.1, 0.15) is 0 Å². The quantitative estimate of drug-likeness (QED) is 0.259. The monoisotopic (exact) mass is 319 g/mol. The van der Waals surface area contributed by atoms with Crippen molar-refractivity contribution in [1.82, 2.24) is 18.5 Å². The molecule has 17 N–H and O–H groups in total. The Labute approximate surface area is 119 Å². The molecule has 13 heteroatoms. The van der Waals surface area contributed by atoms with Gasteiger partial charge in [-0.1, -0.05) is 0 Å². The van der Waals surface area contributed by atoms with Gasteiger partial charge >= 0.3 is 17.9 Å². The maximum Gasteiger partial charge on any atom is 0.336 e. The van der Waals surface area contributed by atoms with E-state index in [0.717, 1.165) is 0 Å². The van der Waals surface area contributed by atoms with Crippen LogP contribution >= 0.6 is 12.2 Å². The van der Waals surface area contributed by atoms with Gasteiger partial charge in [-0.05, 0) is 12.2 Å². The van der Waals surface area contributed by atoms with Crippen LogP contribution in [0, 0.1) is 0 Å². The van der Waals surface area contributed by atoms with Crippen LogP contribution in [0.4, 0.5) is 0 Å². The fourth-order valence-corrected chi connectivity index (χ4v) is 0.714. The first-order chi connectivity index (χ1) is 7.51. The fraction of sp³-hybridized carbons (Fsp3) is 0.429. The molecule has 0 radical (unpaired) electrons. The van der Waals surface area contributed by atoms with E-state index >= 15 is 0 Å². The first kappa shape index (κ1) is 30.7. The lowest BCUT2D eigenvalue weighted by molar-refractivity contribution is -0.170. The number of carboxylic acids is 3. The van der Waals surface area contributed by atoms with Crippen molar-refractivity contribution in [1.29, 1.82) is 0 Å². The van der Waals surface area contributed by atoms with Gasteiger partial charge in [0.05, 0.1) is 12.8 Å². The molecule has 0 saturated carbocycles. The standard InChI is InChI=1S/C6H8O7.CH4N2S.3H3N/c7-3(8)1-6(13,5(11)12)2-4(9)10;2-1(3)4;;;/h13H,1-2H2,(H,7,8)(H,9,10)(H,11,12);(H4,2,3,4);3*1H3. The number of carboxylic acid groups (broad SMARTS) is 3. The molecular weight excluding hydrogens is 298 g/mol. The summed E-state index contributed by atoms with van der Waals surface area (Å²) in [5.74, 6) is -5.02. The molecule has 0 amide bonds. The number of nitrogens with two attached hydrogens (primary N) is 2. The summed E-state index contributed by atoms with van der Waals surface area (Å²) in [5.41, 5.74) is 6.50. The lowest BCUT2D eigenvalue weighted by Gasteiger charge is -2.18. The molecule has 0 saturated heterocycles. The highest BCUT2D eigenvalue weighted by Crippen LogP contribution is 2.15. The Bertz CT molecular complexity index is 318. The third-order valence-corrected chi connectivity index (χ3v) is 1.29. The SMILES string of the molecule is N.N.N.NC(N)=S.O=C(O)CC(O)(CC(=O)O)C(=O)O. The topological polar surface area (TPSA) is 289 Å². The molecule has 0 aromatic carbocycles. The molecule has 0 bridgehead atoms. The molecule has 0 fully saturated rings. The Morgan fingerprint density at radius 1 is 0.900 bits per heavy atom. The molecule has 0 aliphatic heterocycles. The van der Waals surface area contributed by atoms with Crippen LogP contribution in [0.3, 0.4) is 0 Å². The maximum atomic E-state index is 10.3. The normalized spacial score (nSPS) is 8.25. The van der Waals surface area contributed by atoms with Gasteiger partial charge < -0.3 is 50.3 Å². The number of hydrogen-bond acceptors (Lipinski definition) is 8. The van der Waals surface area contributed by atoms with Crippen molar-refractivity contribution in [3.8, 4) is 0 Å². The second kappa shape index (κ2) is 13.4. The number of aliphatic carboxylic acids is 3. The fourth-order valence-electron chi connectivity index (χ4n) is 0.714. The van der Waals surface area contributed by atoms with Gasteiger partial charge in [-0.2, -0.15) is 0 Å². The average Bonchev–Trinajstić information content (AvgIpc) is 1.98. The molecule has 0 aromatic rings. The molecule has 0 aliphatic carbocycles. The summed E-state index contributed by atoms with van der Waals surface area (Å²) in [7, 11) is 0. The van der Waals surface area contributed by atoms with E-state index in [1.54, 1.807) is 0 Å². The van der Waals surface area contributed by atoms with Gasteiger partial charge in [-0.3, -0.25) is 9.59 Å². The molecule has 0 aliphatic rings. The van der Waals surface area contributed by atoms with Crippen molar-refractivity contribution in [2.24, 2.45) is 11.5 Å². The number of hydrogen-bond donors (Lipinski definition) is 9. The van der Waals surface area contributed by atoms with Gasteiger partial charge in [-0.15, -0.1) is 0 Å². The minimum absolute atomic E-state index is 0. The minimum Gasteiger partial charge on any atom is -0.481 e. The van der Waals surface area contributed by atoms with Crippen LogP contribution in [0.5, 0.6) is 0 Å². The Kier molecular flexibility index (Phi) is 20.6. The highest BCUT2D eigenvalue weighted by atomic mass is 32.1. The van der Waals surface area contributed by atoms with Crippen LogP contribution in [0.1, 0.15) is 12.8 Å². The van der Waals surface area contributed by atoms with Crippen LogP contribution < -0.4 is 29.9 Å². The van der Waals surface area contributed by atoms with E-state index in [9.17, 15) is 14.4 Å². The van der Waals surface area contributed by atoms with Gasteiger partial charge in [0, 0.05) is 0 Å². The van der Waals surface area contributed by atoms with Crippen molar-refractivity contribution in [3.63, 3.8) is 0 Å². The molecule has 0 atom stereocenters. The van der Waals surface area contributed by atoms with Crippen LogP contribution in [0.2, 0.25) is 0 Å². The third kappa shape index (κ3) is 18.3. The van der Waals surface area contributed by atoms with Gasteiger partial charge in [-0.25, -0.2) is 4.79 Å². The van der Waals surface area contributed by atoms with E-state index < -0.39 is 36.4 Å². The zero-order valence-corrected chi connectivity index (χ0v) is 11.4.